The molecule has 0 aliphatic carbocycles. The number of ether oxygens (including phenoxy) is 3. The number of nitrogens with one attached hydrogen (secondary N) is 1. The number of amides is 1. The Balaban J connectivity index is 1.50. The summed E-state index contributed by atoms with van der Waals surface area (Å²) in [5, 5.41) is 2.59. The first kappa shape index (κ1) is 7.82. The molecule has 0 aromatic heterocycles. The zero-order valence-electron chi connectivity index (χ0n) is 6.62. The average Bonchev–Trinajstić information content (AvgIpc) is 2.89. The van der Waals surface area contributed by atoms with Gasteiger partial charge in [-0.05, 0) is 0 Å². The molecular formula is C7H11NO4. The Hall–Kier alpha value is -0.810. The molecule has 2 aliphatic heterocycles. The monoisotopic (exact) mass is 173 g/mol. The Morgan fingerprint density at radius 1 is 1.42 bits per heavy atom. The Morgan fingerprint density at radius 3 is 2.67 bits per heavy atom. The highest BCUT2D eigenvalue weighted by Gasteiger charge is 2.25. The van der Waals surface area contributed by atoms with E-state index in [2.05, 4.69) is 5.32 Å². The van der Waals surface area contributed by atoms with Crippen molar-refractivity contribution in [3.8, 4) is 0 Å². The summed E-state index contributed by atoms with van der Waals surface area (Å²) in [5.41, 5.74) is 0. The van der Waals surface area contributed by atoms with E-state index >= 15 is 0 Å². The molecule has 2 atom stereocenters. The number of alkyl carbamates (subject to hydrolysis) is 1. The molecule has 1 N–H and O–H groups in total. The normalized spacial score (nSPS) is 31.0. The van der Waals surface area contributed by atoms with Crippen LogP contribution in [-0.4, -0.2) is 44.7 Å². The molecule has 5 heteroatoms. The third kappa shape index (κ3) is 2.67. The van der Waals surface area contributed by atoms with E-state index in [4.69, 9.17) is 14.2 Å². The van der Waals surface area contributed by atoms with E-state index in [1.807, 2.05) is 0 Å². The van der Waals surface area contributed by atoms with Gasteiger partial charge in [-0.25, -0.2) is 4.79 Å². The van der Waals surface area contributed by atoms with Gasteiger partial charge in [-0.15, -0.1) is 0 Å². The van der Waals surface area contributed by atoms with Gasteiger partial charge in [0.2, 0.25) is 0 Å². The molecular weight excluding hydrogens is 162 g/mol. The van der Waals surface area contributed by atoms with Gasteiger partial charge in [0.1, 0.15) is 12.7 Å². The predicted molar refractivity (Wildman–Crippen MR) is 38.8 cm³/mol. The summed E-state index contributed by atoms with van der Waals surface area (Å²) in [5.74, 6) is 0. The van der Waals surface area contributed by atoms with Crippen LogP contribution in [0, 0.1) is 0 Å². The van der Waals surface area contributed by atoms with Crippen molar-refractivity contribution in [2.45, 2.75) is 12.2 Å². The van der Waals surface area contributed by atoms with Crippen molar-refractivity contribution < 1.29 is 19.0 Å². The summed E-state index contributed by atoms with van der Waals surface area (Å²) in [6, 6.07) is 0. The second-order valence-corrected chi connectivity index (χ2v) is 2.89. The van der Waals surface area contributed by atoms with Crippen molar-refractivity contribution in [3.05, 3.63) is 0 Å². The van der Waals surface area contributed by atoms with Gasteiger partial charge in [0.05, 0.1) is 19.3 Å². The SMILES string of the molecule is O=C(NCC1CO1)OCC1CO1. The molecule has 2 rings (SSSR count). The van der Waals surface area contributed by atoms with Crippen molar-refractivity contribution in [1.82, 2.24) is 5.32 Å². The topological polar surface area (TPSA) is 63.4 Å². The fourth-order valence-corrected chi connectivity index (χ4v) is 0.767. The van der Waals surface area contributed by atoms with E-state index in [1.165, 1.54) is 0 Å². The maximum Gasteiger partial charge on any atom is 0.407 e. The van der Waals surface area contributed by atoms with Gasteiger partial charge in [0, 0.05) is 6.54 Å². The van der Waals surface area contributed by atoms with E-state index in [1.54, 1.807) is 0 Å². The molecule has 2 heterocycles. The smallest absolute Gasteiger partial charge is 0.407 e. The Morgan fingerprint density at radius 2 is 2.08 bits per heavy atom. The van der Waals surface area contributed by atoms with Gasteiger partial charge < -0.3 is 19.5 Å². The average molecular weight is 173 g/mol. The summed E-state index contributed by atoms with van der Waals surface area (Å²) in [6.07, 6.45) is -0.0522. The minimum atomic E-state index is -0.388. The van der Waals surface area contributed by atoms with Crippen LogP contribution in [0.3, 0.4) is 0 Å². The zero-order chi connectivity index (χ0) is 8.39. The molecule has 2 unspecified atom stereocenters. The van der Waals surface area contributed by atoms with Crippen LogP contribution in [0.15, 0.2) is 0 Å². The van der Waals surface area contributed by atoms with E-state index < -0.39 is 0 Å². The van der Waals surface area contributed by atoms with Crippen molar-refractivity contribution in [2.75, 3.05) is 26.4 Å². The summed E-state index contributed by atoms with van der Waals surface area (Å²) in [4.78, 5) is 10.9. The molecule has 0 saturated carbocycles. The first-order chi connectivity index (χ1) is 5.84. The number of rotatable bonds is 4. The molecule has 68 valence electrons. The third-order valence-corrected chi connectivity index (χ3v) is 1.68. The van der Waals surface area contributed by atoms with Gasteiger partial charge in [-0.3, -0.25) is 0 Å². The Bertz CT molecular complexity index is 158. The molecule has 2 fully saturated rings. The lowest BCUT2D eigenvalue weighted by atomic mass is 10.5. The second-order valence-electron chi connectivity index (χ2n) is 2.89. The summed E-state index contributed by atoms with van der Waals surface area (Å²) in [7, 11) is 0. The molecule has 0 spiro atoms. The fraction of sp³-hybridized carbons (Fsp3) is 0.857. The molecule has 12 heavy (non-hydrogen) atoms. The standard InChI is InChI=1S/C7H11NO4/c9-7(8-1-5-2-10-5)12-4-6-3-11-6/h5-6H,1-4H2,(H,8,9). The molecule has 0 bridgehead atoms. The number of hydrogen-bond donors (Lipinski definition) is 1. The summed E-state index contributed by atoms with van der Waals surface area (Å²) < 4.78 is 14.6. The quantitative estimate of drug-likeness (QED) is 0.583. The molecule has 0 aromatic carbocycles. The van der Waals surface area contributed by atoms with Crippen molar-refractivity contribution in [2.24, 2.45) is 0 Å². The van der Waals surface area contributed by atoms with Gasteiger partial charge in [-0.1, -0.05) is 0 Å². The molecule has 2 aliphatic rings. The van der Waals surface area contributed by atoms with Gasteiger partial charge in [-0.2, -0.15) is 0 Å². The second kappa shape index (κ2) is 3.28. The zero-order valence-corrected chi connectivity index (χ0v) is 6.62. The van der Waals surface area contributed by atoms with Crippen LogP contribution in [0.4, 0.5) is 4.79 Å². The number of carbonyl (C=O) groups excluding carboxylic acids is 1. The lowest BCUT2D eigenvalue weighted by Gasteiger charge is -2.02. The first-order valence-corrected chi connectivity index (χ1v) is 3.98. The maximum atomic E-state index is 10.9. The van der Waals surface area contributed by atoms with Crippen molar-refractivity contribution >= 4 is 6.09 Å². The molecule has 5 nitrogen and oxygen atoms in total. The Kier molecular flexibility index (Phi) is 2.14. The molecule has 1 amide bonds. The van der Waals surface area contributed by atoms with Crippen LogP contribution in [-0.2, 0) is 14.2 Å². The van der Waals surface area contributed by atoms with Crippen LogP contribution in [0.25, 0.3) is 0 Å². The minimum Gasteiger partial charge on any atom is -0.447 e. The summed E-state index contributed by atoms with van der Waals surface area (Å²) >= 11 is 0. The number of carbonyl (C=O) groups is 1. The van der Waals surface area contributed by atoms with Crippen molar-refractivity contribution in [3.63, 3.8) is 0 Å². The highest BCUT2D eigenvalue weighted by atomic mass is 16.6. The maximum absolute atomic E-state index is 10.9. The molecule has 0 radical (unpaired) electrons. The lowest BCUT2D eigenvalue weighted by Crippen LogP contribution is -2.29. The van der Waals surface area contributed by atoms with Gasteiger partial charge in [0.25, 0.3) is 0 Å². The molecule has 2 saturated heterocycles. The minimum absolute atomic E-state index is 0.132. The van der Waals surface area contributed by atoms with Gasteiger partial charge in [0.15, 0.2) is 0 Å². The first-order valence-electron chi connectivity index (χ1n) is 3.98. The largest absolute Gasteiger partial charge is 0.447 e. The lowest BCUT2D eigenvalue weighted by molar-refractivity contribution is 0.135. The van der Waals surface area contributed by atoms with Crippen LogP contribution in [0.2, 0.25) is 0 Å². The van der Waals surface area contributed by atoms with Crippen molar-refractivity contribution in [1.29, 1.82) is 0 Å². The van der Waals surface area contributed by atoms with E-state index in [0.29, 0.717) is 19.8 Å². The van der Waals surface area contributed by atoms with Crippen LogP contribution in [0.1, 0.15) is 0 Å². The van der Waals surface area contributed by atoms with Crippen LogP contribution < -0.4 is 5.32 Å². The van der Waals surface area contributed by atoms with Gasteiger partial charge >= 0.3 is 6.09 Å². The fourth-order valence-electron chi connectivity index (χ4n) is 0.767. The number of epoxide rings is 2. The van der Waals surface area contributed by atoms with E-state index in [-0.39, 0.29) is 18.3 Å². The van der Waals surface area contributed by atoms with Crippen LogP contribution in [0.5, 0.6) is 0 Å². The summed E-state index contributed by atoms with van der Waals surface area (Å²) in [6.45, 7) is 2.35. The third-order valence-electron chi connectivity index (χ3n) is 1.68. The molecule has 0 aromatic rings. The Labute approximate surface area is 70.0 Å². The highest BCUT2D eigenvalue weighted by Crippen LogP contribution is 2.09. The number of hydrogen-bond acceptors (Lipinski definition) is 4. The van der Waals surface area contributed by atoms with E-state index in [0.717, 1.165) is 6.61 Å². The van der Waals surface area contributed by atoms with E-state index in [9.17, 15) is 4.79 Å². The highest BCUT2D eigenvalue weighted by molar-refractivity contribution is 5.67. The van der Waals surface area contributed by atoms with Crippen LogP contribution >= 0.6 is 0 Å². The predicted octanol–water partition coefficient (Wildman–Crippen LogP) is -0.490.